The van der Waals surface area contributed by atoms with E-state index >= 15 is 0 Å². The van der Waals surface area contributed by atoms with Gasteiger partial charge in [-0.15, -0.1) is 0 Å². The monoisotopic (exact) mass is 417 g/mol. The van der Waals surface area contributed by atoms with E-state index in [0.29, 0.717) is 0 Å². The zero-order valence-corrected chi connectivity index (χ0v) is 14.9. The van der Waals surface area contributed by atoms with E-state index in [2.05, 4.69) is 15.0 Å². The Bertz CT molecular complexity index is 1340. The summed E-state index contributed by atoms with van der Waals surface area (Å²) < 4.78 is 53.5. The molecule has 0 atom stereocenters. The molecule has 3 N–H and O–H groups in total. The van der Waals surface area contributed by atoms with Gasteiger partial charge in [-0.05, 0) is 36.4 Å². The van der Waals surface area contributed by atoms with Gasteiger partial charge in [0.25, 0.3) is 5.91 Å². The Kier molecular flexibility index (Phi) is 4.37. The zero-order chi connectivity index (χ0) is 21.6. The predicted octanol–water partition coefficient (Wildman–Crippen LogP) is 3.03. The highest BCUT2D eigenvalue weighted by Crippen LogP contribution is 2.32. The molecule has 2 heterocycles. The van der Waals surface area contributed by atoms with E-state index in [0.717, 1.165) is 28.8 Å². The summed E-state index contributed by atoms with van der Waals surface area (Å²) in [5, 5.41) is 0. The van der Waals surface area contributed by atoms with Gasteiger partial charge in [0.15, 0.2) is 17.2 Å². The minimum absolute atomic E-state index is 0.0338. The number of alkyl halides is 3. The molecule has 0 fully saturated rings. The first-order valence-corrected chi connectivity index (χ1v) is 8.41. The standard InChI is InChI=1S/C19H11F4N5O2/c20-11-4-6-12(7-5-11)28-17-14(26-18(28)30)13(15(24)29)25-16(27-17)9-2-1-3-10(8-9)19(21,22)23/h1-8H,(H2,24,29)(H,26,30). The van der Waals surface area contributed by atoms with Crippen LogP contribution in [0.2, 0.25) is 0 Å². The second kappa shape index (κ2) is 6.79. The van der Waals surface area contributed by atoms with E-state index in [1.165, 1.54) is 24.3 Å². The van der Waals surface area contributed by atoms with Gasteiger partial charge < -0.3 is 10.7 Å². The van der Waals surface area contributed by atoms with Gasteiger partial charge in [0, 0.05) is 5.56 Å². The Morgan fingerprint density at radius 1 is 1.07 bits per heavy atom. The molecule has 152 valence electrons. The summed E-state index contributed by atoms with van der Waals surface area (Å²) in [6.07, 6.45) is -4.60. The predicted molar refractivity (Wildman–Crippen MR) is 98.4 cm³/mol. The van der Waals surface area contributed by atoms with Crippen molar-refractivity contribution in [1.29, 1.82) is 0 Å². The maximum atomic E-state index is 13.3. The Hall–Kier alpha value is -4.02. The highest BCUT2D eigenvalue weighted by atomic mass is 19.4. The maximum absolute atomic E-state index is 13.3. The second-order valence-corrected chi connectivity index (χ2v) is 6.28. The fraction of sp³-hybridized carbons (Fsp3) is 0.0526. The first-order chi connectivity index (χ1) is 14.1. The van der Waals surface area contributed by atoms with E-state index in [9.17, 15) is 27.2 Å². The molecule has 30 heavy (non-hydrogen) atoms. The number of aromatic nitrogens is 4. The summed E-state index contributed by atoms with van der Waals surface area (Å²) in [4.78, 5) is 34.9. The molecule has 0 spiro atoms. The van der Waals surface area contributed by atoms with Gasteiger partial charge in [-0.25, -0.2) is 23.7 Å². The summed E-state index contributed by atoms with van der Waals surface area (Å²) in [5.74, 6) is -1.79. The lowest BCUT2D eigenvalue weighted by molar-refractivity contribution is -0.137. The molecule has 0 unspecified atom stereocenters. The SMILES string of the molecule is NC(=O)c1nc(-c2cccc(C(F)(F)F)c2)nc2c1[nH]c(=O)n2-c1ccc(F)cc1. The number of primary amides is 1. The average molecular weight is 417 g/mol. The van der Waals surface area contributed by atoms with Crippen LogP contribution in [0.1, 0.15) is 16.1 Å². The molecule has 2 aromatic carbocycles. The van der Waals surface area contributed by atoms with Gasteiger partial charge in [-0.1, -0.05) is 12.1 Å². The first kappa shape index (κ1) is 19.3. The van der Waals surface area contributed by atoms with Gasteiger partial charge in [-0.2, -0.15) is 13.2 Å². The zero-order valence-electron chi connectivity index (χ0n) is 14.9. The van der Waals surface area contributed by atoms with Crippen LogP contribution in [-0.4, -0.2) is 25.4 Å². The van der Waals surface area contributed by atoms with Gasteiger partial charge in [0.1, 0.15) is 11.3 Å². The van der Waals surface area contributed by atoms with Crippen LogP contribution >= 0.6 is 0 Å². The van der Waals surface area contributed by atoms with E-state index < -0.39 is 29.2 Å². The minimum Gasteiger partial charge on any atom is -0.364 e. The number of aromatic amines is 1. The van der Waals surface area contributed by atoms with Gasteiger partial charge >= 0.3 is 11.9 Å². The molecule has 0 saturated carbocycles. The highest BCUT2D eigenvalue weighted by molar-refractivity contribution is 6.02. The van der Waals surface area contributed by atoms with Gasteiger partial charge in [0.05, 0.1) is 11.3 Å². The molecule has 11 heteroatoms. The van der Waals surface area contributed by atoms with Crippen molar-refractivity contribution in [2.45, 2.75) is 6.18 Å². The van der Waals surface area contributed by atoms with E-state index in [4.69, 9.17) is 5.73 Å². The quantitative estimate of drug-likeness (QED) is 0.500. The molecule has 0 aliphatic rings. The van der Waals surface area contributed by atoms with Crippen molar-refractivity contribution in [2.75, 3.05) is 0 Å². The highest BCUT2D eigenvalue weighted by Gasteiger charge is 2.31. The fourth-order valence-corrected chi connectivity index (χ4v) is 2.96. The summed E-state index contributed by atoms with van der Waals surface area (Å²) in [7, 11) is 0. The lowest BCUT2D eigenvalue weighted by Crippen LogP contribution is -2.15. The number of nitrogens with one attached hydrogen (secondary N) is 1. The topological polar surface area (TPSA) is 107 Å². The molecule has 0 aliphatic heterocycles. The van der Waals surface area contributed by atoms with Crippen molar-refractivity contribution >= 4 is 17.1 Å². The molecular weight excluding hydrogens is 406 g/mol. The second-order valence-electron chi connectivity index (χ2n) is 6.28. The molecule has 0 bridgehead atoms. The average Bonchev–Trinajstić information content (AvgIpc) is 3.03. The van der Waals surface area contributed by atoms with Crippen LogP contribution in [0.5, 0.6) is 0 Å². The van der Waals surface area contributed by atoms with Crippen LogP contribution in [0.3, 0.4) is 0 Å². The van der Waals surface area contributed by atoms with Crippen LogP contribution < -0.4 is 11.4 Å². The van der Waals surface area contributed by atoms with E-state index in [-0.39, 0.29) is 33.9 Å². The number of nitrogens with two attached hydrogens (primary N) is 1. The fourth-order valence-electron chi connectivity index (χ4n) is 2.96. The third-order valence-electron chi connectivity index (χ3n) is 4.30. The van der Waals surface area contributed by atoms with Crippen LogP contribution in [0.15, 0.2) is 53.3 Å². The number of amides is 1. The number of hydrogen-bond acceptors (Lipinski definition) is 4. The number of H-pyrrole nitrogens is 1. The molecule has 7 nitrogen and oxygen atoms in total. The number of carbonyl (C=O) groups is 1. The maximum Gasteiger partial charge on any atom is 0.416 e. The van der Waals surface area contributed by atoms with Crippen LogP contribution in [0.25, 0.3) is 28.2 Å². The molecule has 2 aromatic heterocycles. The number of imidazole rings is 1. The minimum atomic E-state index is -4.60. The molecule has 0 radical (unpaired) electrons. The molecule has 0 aliphatic carbocycles. The number of benzene rings is 2. The van der Waals surface area contributed by atoms with Crippen LogP contribution in [0, 0.1) is 5.82 Å². The van der Waals surface area contributed by atoms with Crippen molar-refractivity contribution in [3.05, 3.63) is 76.1 Å². The Labute approximate surface area is 164 Å². The summed E-state index contributed by atoms with van der Waals surface area (Å²) in [5.41, 5.74) is 3.34. The smallest absolute Gasteiger partial charge is 0.364 e. The number of carbonyl (C=O) groups excluding carboxylic acids is 1. The number of rotatable bonds is 3. The third-order valence-corrected chi connectivity index (χ3v) is 4.30. The van der Waals surface area contributed by atoms with Crippen molar-refractivity contribution in [3.63, 3.8) is 0 Å². The Balaban J connectivity index is 2.01. The molecule has 1 amide bonds. The summed E-state index contributed by atoms with van der Waals surface area (Å²) in [6, 6.07) is 9.03. The van der Waals surface area contributed by atoms with Gasteiger partial charge in [-0.3, -0.25) is 4.79 Å². The normalized spacial score (nSPS) is 11.7. The lowest BCUT2D eigenvalue weighted by Gasteiger charge is -2.09. The van der Waals surface area contributed by atoms with Crippen LogP contribution in [-0.2, 0) is 6.18 Å². The largest absolute Gasteiger partial charge is 0.416 e. The molecule has 4 rings (SSSR count). The Morgan fingerprint density at radius 3 is 2.40 bits per heavy atom. The van der Waals surface area contributed by atoms with Crippen molar-refractivity contribution in [2.24, 2.45) is 5.73 Å². The Morgan fingerprint density at radius 2 is 1.77 bits per heavy atom. The number of nitrogens with zero attached hydrogens (tertiary/aromatic N) is 3. The first-order valence-electron chi connectivity index (χ1n) is 8.41. The van der Waals surface area contributed by atoms with Gasteiger partial charge in [0.2, 0.25) is 0 Å². The van der Waals surface area contributed by atoms with Crippen molar-refractivity contribution < 1.29 is 22.4 Å². The lowest BCUT2D eigenvalue weighted by atomic mass is 10.1. The third kappa shape index (κ3) is 3.30. The number of hydrogen-bond donors (Lipinski definition) is 2. The molecule has 0 saturated heterocycles. The number of fused-ring (bicyclic) bond motifs is 1. The number of halogens is 4. The van der Waals surface area contributed by atoms with E-state index in [1.54, 1.807) is 0 Å². The van der Waals surface area contributed by atoms with Crippen LogP contribution in [0.4, 0.5) is 17.6 Å². The molecular formula is C19H11F4N5O2. The summed E-state index contributed by atoms with van der Waals surface area (Å²) >= 11 is 0. The van der Waals surface area contributed by atoms with Crippen molar-refractivity contribution in [1.82, 2.24) is 19.5 Å². The van der Waals surface area contributed by atoms with Crippen molar-refractivity contribution in [3.8, 4) is 17.1 Å². The summed E-state index contributed by atoms with van der Waals surface area (Å²) in [6.45, 7) is 0. The molecule has 4 aromatic rings. The van der Waals surface area contributed by atoms with E-state index in [1.807, 2.05) is 0 Å².